The van der Waals surface area contributed by atoms with Crippen molar-refractivity contribution in [2.75, 3.05) is 13.1 Å². The van der Waals surface area contributed by atoms with Gasteiger partial charge in [0.05, 0.1) is 0 Å². The summed E-state index contributed by atoms with van der Waals surface area (Å²) >= 11 is 0. The molecule has 1 unspecified atom stereocenters. The average Bonchev–Trinajstić information content (AvgIpc) is 2.43. The first kappa shape index (κ1) is 10.5. The highest BCUT2D eigenvalue weighted by Gasteiger charge is 2.33. The van der Waals surface area contributed by atoms with Crippen molar-refractivity contribution in [1.29, 1.82) is 0 Å². The molecule has 0 bridgehead atoms. The zero-order valence-corrected chi connectivity index (χ0v) is 8.71. The van der Waals surface area contributed by atoms with Gasteiger partial charge in [-0.3, -0.25) is 4.79 Å². The zero-order chi connectivity index (χ0) is 10.1. The monoisotopic (exact) mass is 185 g/mol. The van der Waals surface area contributed by atoms with Crippen molar-refractivity contribution < 1.29 is 9.90 Å². The molecule has 1 aliphatic heterocycles. The maximum absolute atomic E-state index is 11.5. The van der Waals surface area contributed by atoms with E-state index in [1.165, 1.54) is 0 Å². The highest BCUT2D eigenvalue weighted by atomic mass is 16.3. The van der Waals surface area contributed by atoms with Crippen LogP contribution in [0.25, 0.3) is 0 Å². The number of likely N-dealkylation sites (tertiary alicyclic amines) is 1. The van der Waals surface area contributed by atoms with E-state index in [0.29, 0.717) is 6.42 Å². The van der Waals surface area contributed by atoms with Gasteiger partial charge in [-0.15, -0.1) is 0 Å². The van der Waals surface area contributed by atoms with Crippen molar-refractivity contribution in [3.63, 3.8) is 0 Å². The molecule has 1 rings (SSSR count). The summed E-state index contributed by atoms with van der Waals surface area (Å²) in [6.07, 6.45) is 0.749. The van der Waals surface area contributed by atoms with Gasteiger partial charge in [-0.2, -0.15) is 0 Å². The molecule has 0 aliphatic carbocycles. The number of aliphatic hydroxyl groups is 1. The second-order valence-corrected chi connectivity index (χ2v) is 4.60. The van der Waals surface area contributed by atoms with Gasteiger partial charge in [-0.1, -0.05) is 20.8 Å². The van der Waals surface area contributed by atoms with E-state index in [2.05, 4.69) is 13.8 Å². The van der Waals surface area contributed by atoms with E-state index >= 15 is 0 Å². The summed E-state index contributed by atoms with van der Waals surface area (Å²) in [6, 6.07) is 0. The lowest BCUT2D eigenvalue weighted by Gasteiger charge is -2.21. The molecule has 1 amide bonds. The number of amides is 1. The van der Waals surface area contributed by atoms with Crippen LogP contribution in [0.1, 0.15) is 33.6 Å². The Bertz CT molecular complexity index is 201. The third kappa shape index (κ3) is 2.44. The maximum atomic E-state index is 11.5. The largest absolute Gasteiger partial charge is 0.383 e. The number of hydrogen-bond acceptors (Lipinski definition) is 2. The summed E-state index contributed by atoms with van der Waals surface area (Å²) < 4.78 is 0. The highest BCUT2D eigenvalue weighted by molar-refractivity contribution is 5.80. The van der Waals surface area contributed by atoms with Crippen LogP contribution in [0, 0.1) is 5.41 Å². The Morgan fingerprint density at radius 2 is 2.23 bits per heavy atom. The van der Waals surface area contributed by atoms with Gasteiger partial charge in [0.2, 0.25) is 0 Å². The minimum Gasteiger partial charge on any atom is -0.383 e. The van der Waals surface area contributed by atoms with Crippen molar-refractivity contribution in [3.8, 4) is 0 Å². The van der Waals surface area contributed by atoms with E-state index in [-0.39, 0.29) is 11.3 Å². The summed E-state index contributed by atoms with van der Waals surface area (Å²) in [5.74, 6) is -0.104. The van der Waals surface area contributed by atoms with Crippen molar-refractivity contribution >= 4 is 5.91 Å². The SMILES string of the molecule is CCC(O)C(=O)N1CCC(C)(C)C1. The lowest BCUT2D eigenvalue weighted by molar-refractivity contribution is -0.139. The normalized spacial score (nSPS) is 23.2. The lowest BCUT2D eigenvalue weighted by atomic mass is 9.93. The molecule has 0 saturated carbocycles. The molecule has 0 aromatic carbocycles. The zero-order valence-electron chi connectivity index (χ0n) is 8.71. The molecule has 1 atom stereocenters. The Kier molecular flexibility index (Phi) is 2.96. The van der Waals surface area contributed by atoms with E-state index in [9.17, 15) is 9.90 Å². The third-order valence-electron chi connectivity index (χ3n) is 2.66. The standard InChI is InChI=1S/C10H19NO2/c1-4-8(12)9(13)11-6-5-10(2,3)7-11/h8,12H,4-7H2,1-3H3. The number of rotatable bonds is 2. The Balaban J connectivity index is 2.51. The number of hydrogen-bond donors (Lipinski definition) is 1. The number of aliphatic hydroxyl groups excluding tert-OH is 1. The van der Waals surface area contributed by atoms with Gasteiger partial charge in [-0.05, 0) is 18.3 Å². The van der Waals surface area contributed by atoms with E-state index in [1.807, 2.05) is 6.92 Å². The van der Waals surface area contributed by atoms with Gasteiger partial charge in [0, 0.05) is 13.1 Å². The molecule has 1 aliphatic rings. The van der Waals surface area contributed by atoms with E-state index < -0.39 is 6.10 Å². The fourth-order valence-electron chi connectivity index (χ4n) is 1.69. The molecule has 13 heavy (non-hydrogen) atoms. The molecular weight excluding hydrogens is 166 g/mol. The first-order valence-electron chi connectivity index (χ1n) is 4.93. The number of carbonyl (C=O) groups is 1. The topological polar surface area (TPSA) is 40.5 Å². The Labute approximate surface area is 79.7 Å². The van der Waals surface area contributed by atoms with Crippen LogP contribution in [-0.2, 0) is 4.79 Å². The average molecular weight is 185 g/mol. The number of nitrogens with zero attached hydrogens (tertiary/aromatic N) is 1. The van der Waals surface area contributed by atoms with Crippen molar-refractivity contribution in [2.24, 2.45) is 5.41 Å². The van der Waals surface area contributed by atoms with Crippen LogP contribution in [0.4, 0.5) is 0 Å². The molecule has 1 saturated heterocycles. The molecule has 3 nitrogen and oxygen atoms in total. The summed E-state index contributed by atoms with van der Waals surface area (Å²) in [7, 11) is 0. The molecule has 0 radical (unpaired) electrons. The fourth-order valence-corrected chi connectivity index (χ4v) is 1.69. The van der Waals surface area contributed by atoms with Crippen molar-refractivity contribution in [1.82, 2.24) is 4.90 Å². The van der Waals surface area contributed by atoms with Gasteiger partial charge in [0.25, 0.3) is 5.91 Å². The smallest absolute Gasteiger partial charge is 0.251 e. The molecule has 1 heterocycles. The van der Waals surface area contributed by atoms with Gasteiger partial charge in [-0.25, -0.2) is 0 Å². The Morgan fingerprint density at radius 3 is 2.62 bits per heavy atom. The van der Waals surface area contributed by atoms with Crippen LogP contribution in [0.15, 0.2) is 0 Å². The minimum absolute atomic E-state index is 0.104. The summed E-state index contributed by atoms with van der Waals surface area (Å²) in [5.41, 5.74) is 0.225. The van der Waals surface area contributed by atoms with Crippen LogP contribution in [0.3, 0.4) is 0 Å². The lowest BCUT2D eigenvalue weighted by Crippen LogP contribution is -2.38. The Hall–Kier alpha value is -0.570. The van der Waals surface area contributed by atoms with Crippen LogP contribution in [-0.4, -0.2) is 35.1 Å². The molecule has 0 aromatic heterocycles. The summed E-state index contributed by atoms with van der Waals surface area (Å²) in [4.78, 5) is 13.3. The van der Waals surface area contributed by atoms with Crippen LogP contribution in [0.2, 0.25) is 0 Å². The van der Waals surface area contributed by atoms with E-state index in [0.717, 1.165) is 19.5 Å². The van der Waals surface area contributed by atoms with Gasteiger partial charge < -0.3 is 10.0 Å². The molecule has 1 N–H and O–H groups in total. The van der Waals surface area contributed by atoms with Gasteiger partial charge in [0.1, 0.15) is 6.10 Å². The fraction of sp³-hybridized carbons (Fsp3) is 0.900. The number of carbonyl (C=O) groups excluding carboxylic acids is 1. The summed E-state index contributed by atoms with van der Waals surface area (Å²) in [6.45, 7) is 7.70. The highest BCUT2D eigenvalue weighted by Crippen LogP contribution is 2.29. The quantitative estimate of drug-likeness (QED) is 0.697. The minimum atomic E-state index is -0.797. The molecule has 1 fully saturated rings. The second-order valence-electron chi connectivity index (χ2n) is 4.60. The molecule has 3 heteroatoms. The van der Waals surface area contributed by atoms with E-state index in [4.69, 9.17) is 0 Å². The first-order chi connectivity index (χ1) is 5.96. The molecule has 0 spiro atoms. The molecular formula is C10H19NO2. The van der Waals surface area contributed by atoms with Gasteiger partial charge >= 0.3 is 0 Å². The van der Waals surface area contributed by atoms with Crippen molar-refractivity contribution in [3.05, 3.63) is 0 Å². The Morgan fingerprint density at radius 1 is 1.62 bits per heavy atom. The van der Waals surface area contributed by atoms with Gasteiger partial charge in [0.15, 0.2) is 0 Å². The molecule has 0 aromatic rings. The van der Waals surface area contributed by atoms with E-state index in [1.54, 1.807) is 4.90 Å². The first-order valence-corrected chi connectivity index (χ1v) is 4.93. The summed E-state index contributed by atoms with van der Waals surface area (Å²) in [5, 5.41) is 9.37. The van der Waals surface area contributed by atoms with Crippen LogP contribution in [0.5, 0.6) is 0 Å². The van der Waals surface area contributed by atoms with Crippen LogP contribution >= 0.6 is 0 Å². The predicted molar refractivity (Wildman–Crippen MR) is 51.3 cm³/mol. The maximum Gasteiger partial charge on any atom is 0.251 e. The van der Waals surface area contributed by atoms with Crippen molar-refractivity contribution in [2.45, 2.75) is 39.7 Å². The van der Waals surface area contributed by atoms with Crippen LogP contribution < -0.4 is 0 Å². The second kappa shape index (κ2) is 3.66. The predicted octanol–water partition coefficient (Wildman–Crippen LogP) is 1.02. The molecule has 76 valence electrons. The third-order valence-corrected chi connectivity index (χ3v) is 2.66.